The minimum Gasteiger partial charge on any atom is -0.453 e. The molecule has 2 N–H and O–H groups in total. The standard InChI is InChI=1S/C16H20N2O4S2/c1-12(13-6-4-3-5-7-13)18-24(20,21)15-9-8-14(23-15)10-11-17-16(19)22-2/h3-9,12,18H,10-11H2,1-2H3,(H,17,19)/t12-/m0/s1. The van der Waals surface area contributed by atoms with Gasteiger partial charge in [-0.2, -0.15) is 0 Å². The number of benzene rings is 1. The second-order valence-corrected chi connectivity index (χ2v) is 8.25. The summed E-state index contributed by atoms with van der Waals surface area (Å²) in [7, 11) is -2.28. The van der Waals surface area contributed by atoms with E-state index in [0.29, 0.717) is 13.0 Å². The average Bonchev–Trinajstić information content (AvgIpc) is 3.05. The number of ether oxygens (including phenoxy) is 1. The molecule has 0 fully saturated rings. The molecule has 0 aliphatic heterocycles. The van der Waals surface area contributed by atoms with Gasteiger partial charge in [0.1, 0.15) is 4.21 Å². The Hall–Kier alpha value is -1.90. The number of hydrogen-bond donors (Lipinski definition) is 2. The molecular formula is C16H20N2O4S2. The first-order valence-corrected chi connectivity index (χ1v) is 9.70. The molecule has 0 aliphatic carbocycles. The summed E-state index contributed by atoms with van der Waals surface area (Å²) >= 11 is 1.19. The number of sulfonamides is 1. The van der Waals surface area contributed by atoms with Gasteiger partial charge in [-0.25, -0.2) is 17.9 Å². The van der Waals surface area contributed by atoms with Crippen LogP contribution < -0.4 is 10.0 Å². The number of methoxy groups -OCH3 is 1. The third-order valence-corrected chi connectivity index (χ3v) is 6.54. The summed E-state index contributed by atoms with van der Waals surface area (Å²) in [5.74, 6) is 0. The van der Waals surface area contributed by atoms with E-state index in [0.717, 1.165) is 10.4 Å². The lowest BCUT2D eigenvalue weighted by Crippen LogP contribution is -2.26. The van der Waals surface area contributed by atoms with E-state index in [4.69, 9.17) is 0 Å². The normalized spacial score (nSPS) is 12.6. The molecule has 1 aromatic carbocycles. The number of rotatable bonds is 7. The van der Waals surface area contributed by atoms with E-state index in [1.807, 2.05) is 37.3 Å². The van der Waals surface area contributed by atoms with Gasteiger partial charge >= 0.3 is 6.09 Å². The first kappa shape index (κ1) is 18.4. The van der Waals surface area contributed by atoms with Crippen molar-refractivity contribution in [2.24, 2.45) is 0 Å². The number of nitrogens with one attached hydrogen (secondary N) is 2. The fraction of sp³-hybridized carbons (Fsp3) is 0.312. The van der Waals surface area contributed by atoms with Crippen LogP contribution >= 0.6 is 11.3 Å². The Labute approximate surface area is 145 Å². The Morgan fingerprint density at radius 1 is 1.21 bits per heavy atom. The van der Waals surface area contributed by atoms with E-state index < -0.39 is 16.1 Å². The Kier molecular flexibility index (Phi) is 6.36. The SMILES string of the molecule is COC(=O)NCCc1ccc(S(=O)(=O)N[C@@H](C)c2ccccc2)s1. The van der Waals surface area contributed by atoms with Gasteiger partial charge in [0, 0.05) is 17.5 Å². The Morgan fingerprint density at radius 2 is 1.92 bits per heavy atom. The zero-order valence-electron chi connectivity index (χ0n) is 13.5. The minimum absolute atomic E-state index is 0.262. The molecule has 24 heavy (non-hydrogen) atoms. The van der Waals surface area contributed by atoms with E-state index in [1.165, 1.54) is 18.4 Å². The van der Waals surface area contributed by atoms with Crippen molar-refractivity contribution < 1.29 is 17.9 Å². The van der Waals surface area contributed by atoms with Crippen molar-refractivity contribution in [3.05, 3.63) is 52.9 Å². The van der Waals surface area contributed by atoms with Crippen molar-refractivity contribution in [1.29, 1.82) is 0 Å². The lowest BCUT2D eigenvalue weighted by Gasteiger charge is -2.13. The zero-order chi connectivity index (χ0) is 17.6. The molecule has 0 saturated heterocycles. The van der Waals surface area contributed by atoms with Gasteiger partial charge in [0.05, 0.1) is 7.11 Å². The summed E-state index contributed by atoms with van der Waals surface area (Å²) < 4.78 is 32.4. The predicted molar refractivity (Wildman–Crippen MR) is 93.6 cm³/mol. The van der Waals surface area contributed by atoms with E-state index in [2.05, 4.69) is 14.8 Å². The lowest BCUT2D eigenvalue weighted by molar-refractivity contribution is 0.171. The van der Waals surface area contributed by atoms with Crippen LogP contribution in [0, 0.1) is 0 Å². The third kappa shape index (κ3) is 5.05. The van der Waals surface area contributed by atoms with Gasteiger partial charge < -0.3 is 10.1 Å². The average molecular weight is 368 g/mol. The highest BCUT2D eigenvalue weighted by atomic mass is 32.2. The molecule has 2 rings (SSSR count). The highest BCUT2D eigenvalue weighted by molar-refractivity contribution is 7.91. The molecule has 6 nitrogen and oxygen atoms in total. The molecule has 1 heterocycles. The number of alkyl carbamates (subject to hydrolysis) is 1. The number of hydrogen-bond acceptors (Lipinski definition) is 5. The molecule has 1 aromatic heterocycles. The van der Waals surface area contributed by atoms with Gasteiger partial charge in [-0.1, -0.05) is 30.3 Å². The molecule has 2 aromatic rings. The molecule has 0 saturated carbocycles. The first-order chi connectivity index (χ1) is 11.4. The molecule has 1 atom stereocenters. The van der Waals surface area contributed by atoms with Crippen molar-refractivity contribution in [2.45, 2.75) is 23.6 Å². The van der Waals surface area contributed by atoms with Crippen molar-refractivity contribution in [3.63, 3.8) is 0 Å². The maximum Gasteiger partial charge on any atom is 0.406 e. The molecule has 130 valence electrons. The minimum atomic E-state index is -3.58. The largest absolute Gasteiger partial charge is 0.453 e. The van der Waals surface area contributed by atoms with Gasteiger partial charge in [-0.15, -0.1) is 11.3 Å². The molecule has 0 aliphatic rings. The van der Waals surface area contributed by atoms with Gasteiger partial charge in [0.2, 0.25) is 0 Å². The van der Waals surface area contributed by atoms with Crippen LogP contribution in [-0.2, 0) is 21.2 Å². The summed E-state index contributed by atoms with van der Waals surface area (Å²) in [6.07, 6.45) is 0.0431. The van der Waals surface area contributed by atoms with Crippen LogP contribution in [0.25, 0.3) is 0 Å². The van der Waals surface area contributed by atoms with Crippen LogP contribution in [0.5, 0.6) is 0 Å². The smallest absolute Gasteiger partial charge is 0.406 e. The van der Waals surface area contributed by atoms with Crippen LogP contribution in [0.2, 0.25) is 0 Å². The van der Waals surface area contributed by atoms with Crippen LogP contribution in [0.3, 0.4) is 0 Å². The molecule has 0 spiro atoms. The van der Waals surface area contributed by atoms with Crippen LogP contribution in [0.4, 0.5) is 4.79 Å². The van der Waals surface area contributed by atoms with Gasteiger partial charge in [-0.3, -0.25) is 0 Å². The van der Waals surface area contributed by atoms with Crippen molar-refractivity contribution in [2.75, 3.05) is 13.7 Å². The van der Waals surface area contributed by atoms with E-state index in [1.54, 1.807) is 12.1 Å². The summed E-state index contributed by atoms with van der Waals surface area (Å²) in [5.41, 5.74) is 0.903. The van der Waals surface area contributed by atoms with E-state index in [9.17, 15) is 13.2 Å². The van der Waals surface area contributed by atoms with Crippen LogP contribution in [-0.4, -0.2) is 28.2 Å². The maximum atomic E-state index is 12.5. The molecule has 0 bridgehead atoms. The number of amides is 1. The van der Waals surface area contributed by atoms with Gasteiger partial charge in [0.25, 0.3) is 10.0 Å². The van der Waals surface area contributed by atoms with E-state index >= 15 is 0 Å². The highest BCUT2D eigenvalue weighted by Crippen LogP contribution is 2.24. The van der Waals surface area contributed by atoms with E-state index in [-0.39, 0.29) is 10.3 Å². The summed E-state index contributed by atoms with van der Waals surface area (Å²) in [6, 6.07) is 12.4. The fourth-order valence-electron chi connectivity index (χ4n) is 2.10. The zero-order valence-corrected chi connectivity index (χ0v) is 15.1. The second kappa shape index (κ2) is 8.27. The summed E-state index contributed by atoms with van der Waals surface area (Å²) in [6.45, 7) is 2.20. The molecule has 8 heteroatoms. The highest BCUT2D eigenvalue weighted by Gasteiger charge is 2.20. The van der Waals surface area contributed by atoms with Crippen LogP contribution in [0.1, 0.15) is 23.4 Å². The number of carbonyl (C=O) groups is 1. The van der Waals surface area contributed by atoms with Crippen LogP contribution in [0.15, 0.2) is 46.7 Å². The number of carbonyl (C=O) groups excluding carboxylic acids is 1. The number of thiophene rings is 1. The molecule has 1 amide bonds. The van der Waals surface area contributed by atoms with Crippen molar-refractivity contribution >= 4 is 27.5 Å². The van der Waals surface area contributed by atoms with Gasteiger partial charge in [-0.05, 0) is 31.0 Å². The molecular weight excluding hydrogens is 348 g/mol. The fourth-order valence-corrected chi connectivity index (χ4v) is 4.70. The van der Waals surface area contributed by atoms with Gasteiger partial charge in [0.15, 0.2) is 0 Å². The third-order valence-electron chi connectivity index (χ3n) is 3.36. The quantitative estimate of drug-likeness (QED) is 0.787. The second-order valence-electron chi connectivity index (χ2n) is 5.14. The Bertz CT molecular complexity index is 772. The molecule has 0 radical (unpaired) electrons. The molecule has 0 unspecified atom stereocenters. The summed E-state index contributed by atoms with van der Waals surface area (Å²) in [4.78, 5) is 11.9. The van der Waals surface area contributed by atoms with Crippen molar-refractivity contribution in [3.8, 4) is 0 Å². The lowest BCUT2D eigenvalue weighted by atomic mass is 10.1. The summed E-state index contributed by atoms with van der Waals surface area (Å²) in [5, 5.41) is 2.56. The predicted octanol–water partition coefficient (Wildman–Crippen LogP) is 2.69. The topological polar surface area (TPSA) is 84.5 Å². The Morgan fingerprint density at radius 3 is 2.58 bits per heavy atom. The maximum absolute atomic E-state index is 12.5. The van der Waals surface area contributed by atoms with Crippen molar-refractivity contribution in [1.82, 2.24) is 10.0 Å². The Balaban J connectivity index is 1.98. The monoisotopic (exact) mass is 368 g/mol. The first-order valence-electron chi connectivity index (χ1n) is 7.40.